The zero-order valence-corrected chi connectivity index (χ0v) is 24.8. The van der Waals surface area contributed by atoms with Crippen LogP contribution in [0.1, 0.15) is 71.9 Å². The fraction of sp³-hybridized carbons (Fsp3) is 0.424. The van der Waals surface area contributed by atoms with Crippen molar-refractivity contribution in [3.8, 4) is 16.9 Å². The van der Waals surface area contributed by atoms with Crippen molar-refractivity contribution in [1.82, 2.24) is 0 Å². The number of carbonyl (C=O) groups is 1. The SMILES string of the molecule is C=C(/C=C1/CC(C)C/C1=C/C)OCc1cccc(-c2ccc(OCCC(C)(C)O)cc2C(F)(F)F)c1.CC.O=CO. The second kappa shape index (κ2) is 16.7. The van der Waals surface area contributed by atoms with Crippen LogP contribution in [0, 0.1) is 5.92 Å². The third-order valence-electron chi connectivity index (χ3n) is 6.17. The van der Waals surface area contributed by atoms with Crippen molar-refractivity contribution in [2.75, 3.05) is 6.61 Å². The van der Waals surface area contributed by atoms with E-state index < -0.39 is 17.3 Å². The van der Waals surface area contributed by atoms with Crippen LogP contribution in [-0.4, -0.2) is 28.9 Å². The fourth-order valence-electron chi connectivity index (χ4n) is 4.30. The second-order valence-corrected chi connectivity index (χ2v) is 10.2. The van der Waals surface area contributed by atoms with Gasteiger partial charge in [0.25, 0.3) is 6.47 Å². The lowest BCUT2D eigenvalue weighted by Crippen LogP contribution is -2.21. The molecule has 1 fully saturated rings. The Morgan fingerprint density at radius 2 is 1.73 bits per heavy atom. The van der Waals surface area contributed by atoms with Gasteiger partial charge in [0.2, 0.25) is 0 Å². The normalized spacial score (nSPS) is 16.8. The number of ether oxygens (including phenoxy) is 2. The van der Waals surface area contributed by atoms with Gasteiger partial charge in [-0.15, -0.1) is 0 Å². The van der Waals surface area contributed by atoms with E-state index in [2.05, 4.69) is 19.6 Å². The summed E-state index contributed by atoms with van der Waals surface area (Å²) in [6.45, 7) is 15.6. The molecule has 0 aliphatic heterocycles. The molecule has 8 heteroatoms. The van der Waals surface area contributed by atoms with Crippen molar-refractivity contribution in [3.63, 3.8) is 0 Å². The van der Waals surface area contributed by atoms with Gasteiger partial charge in [-0.3, -0.25) is 4.79 Å². The molecule has 0 amide bonds. The zero-order chi connectivity index (χ0) is 31.2. The summed E-state index contributed by atoms with van der Waals surface area (Å²) < 4.78 is 53.1. The predicted octanol–water partition coefficient (Wildman–Crippen LogP) is 8.97. The van der Waals surface area contributed by atoms with Gasteiger partial charge < -0.3 is 19.7 Å². The Balaban J connectivity index is 0.00000157. The lowest BCUT2D eigenvalue weighted by atomic mass is 9.97. The Morgan fingerprint density at radius 1 is 1.10 bits per heavy atom. The van der Waals surface area contributed by atoms with Crippen LogP contribution >= 0.6 is 0 Å². The van der Waals surface area contributed by atoms with Gasteiger partial charge in [-0.1, -0.05) is 57.7 Å². The number of allylic oxidation sites excluding steroid dienone is 4. The average Bonchev–Trinajstić information content (AvgIpc) is 3.26. The number of alkyl halides is 3. The summed E-state index contributed by atoms with van der Waals surface area (Å²) in [7, 11) is 0. The molecule has 2 aromatic rings. The molecular weight excluding hydrogens is 533 g/mol. The van der Waals surface area contributed by atoms with Gasteiger partial charge in [0.15, 0.2) is 0 Å². The zero-order valence-electron chi connectivity index (χ0n) is 24.8. The van der Waals surface area contributed by atoms with E-state index in [1.165, 1.54) is 23.3 Å². The van der Waals surface area contributed by atoms with Crippen LogP contribution in [0.4, 0.5) is 13.2 Å². The number of rotatable bonds is 9. The van der Waals surface area contributed by atoms with E-state index in [9.17, 15) is 18.3 Å². The van der Waals surface area contributed by atoms with Crippen LogP contribution in [0.3, 0.4) is 0 Å². The largest absolute Gasteiger partial charge is 0.493 e. The molecule has 3 rings (SSSR count). The molecule has 1 unspecified atom stereocenters. The Hall–Kier alpha value is -3.52. The number of benzene rings is 2. The van der Waals surface area contributed by atoms with Crippen LogP contribution < -0.4 is 4.74 Å². The number of aliphatic hydroxyl groups is 1. The Kier molecular flexibility index (Phi) is 14.4. The minimum Gasteiger partial charge on any atom is -0.493 e. The monoisotopic (exact) mass is 576 g/mol. The highest BCUT2D eigenvalue weighted by Crippen LogP contribution is 2.40. The third-order valence-corrected chi connectivity index (χ3v) is 6.17. The number of halogens is 3. The van der Waals surface area contributed by atoms with Gasteiger partial charge in [0.1, 0.15) is 18.1 Å². The van der Waals surface area contributed by atoms with Crippen molar-refractivity contribution in [3.05, 3.63) is 89.2 Å². The van der Waals surface area contributed by atoms with E-state index in [1.54, 1.807) is 32.0 Å². The highest BCUT2D eigenvalue weighted by atomic mass is 19.4. The van der Waals surface area contributed by atoms with Crippen molar-refractivity contribution in [2.45, 2.75) is 79.2 Å². The maximum Gasteiger partial charge on any atom is 0.417 e. The minimum absolute atomic E-state index is 0.0674. The summed E-state index contributed by atoms with van der Waals surface area (Å²) in [5.41, 5.74) is 2.06. The van der Waals surface area contributed by atoms with E-state index >= 15 is 0 Å². The maximum atomic E-state index is 13.9. The van der Waals surface area contributed by atoms with Gasteiger partial charge >= 0.3 is 6.18 Å². The molecule has 226 valence electrons. The predicted molar refractivity (Wildman–Crippen MR) is 157 cm³/mol. The molecular formula is C33H43F3O5. The fourth-order valence-corrected chi connectivity index (χ4v) is 4.30. The van der Waals surface area contributed by atoms with Crippen LogP contribution in [0.25, 0.3) is 11.1 Å². The molecule has 1 aliphatic carbocycles. The molecule has 0 bridgehead atoms. The molecule has 2 N–H and O–H groups in total. The molecule has 2 aromatic carbocycles. The molecule has 0 saturated heterocycles. The second-order valence-electron chi connectivity index (χ2n) is 10.2. The summed E-state index contributed by atoms with van der Waals surface area (Å²) in [6.07, 6.45) is 1.85. The average molecular weight is 577 g/mol. The molecule has 0 radical (unpaired) electrons. The Morgan fingerprint density at radius 3 is 2.32 bits per heavy atom. The van der Waals surface area contributed by atoms with E-state index in [0.29, 0.717) is 23.7 Å². The first-order valence-electron chi connectivity index (χ1n) is 13.7. The molecule has 0 heterocycles. The summed E-state index contributed by atoms with van der Waals surface area (Å²) in [6, 6.07) is 10.9. The molecule has 5 nitrogen and oxygen atoms in total. The standard InChI is InChI=1S/C30H35F3O3.C2H6.CH2O2/c1-6-23-14-20(2)15-25(23)16-21(3)36-19-22-8-7-9-24(17-22)27-11-10-26(18-28(27)30(31,32)33)35-13-12-29(4,5)34;1-2;2-1-3/h6-11,16-18,20,34H,3,12-15,19H2,1-2,4-5H3;1-2H3;1H,(H,2,3)/b23-6-,25-16-;;. The van der Waals surface area contributed by atoms with Gasteiger partial charge in [-0.25, -0.2) is 0 Å². The summed E-state index contributed by atoms with van der Waals surface area (Å²) in [4.78, 5) is 8.36. The van der Waals surface area contributed by atoms with Crippen molar-refractivity contribution < 1.29 is 37.7 Å². The lowest BCUT2D eigenvalue weighted by molar-refractivity contribution is -0.137. The van der Waals surface area contributed by atoms with Gasteiger partial charge in [0, 0.05) is 6.42 Å². The van der Waals surface area contributed by atoms with E-state index in [4.69, 9.17) is 19.4 Å². The first kappa shape index (κ1) is 35.5. The molecule has 1 aliphatic rings. The first-order valence-corrected chi connectivity index (χ1v) is 13.7. The van der Waals surface area contributed by atoms with Crippen molar-refractivity contribution in [2.24, 2.45) is 5.92 Å². The lowest BCUT2D eigenvalue weighted by Gasteiger charge is -2.19. The number of hydrogen-bond acceptors (Lipinski definition) is 4. The molecule has 41 heavy (non-hydrogen) atoms. The molecule has 1 saturated carbocycles. The Labute approximate surface area is 242 Å². The molecule has 1 atom stereocenters. The van der Waals surface area contributed by atoms with Gasteiger partial charge in [-0.2, -0.15) is 13.2 Å². The maximum absolute atomic E-state index is 13.9. The number of hydrogen-bond donors (Lipinski definition) is 2. The minimum atomic E-state index is -4.55. The van der Waals surface area contributed by atoms with E-state index in [1.807, 2.05) is 32.9 Å². The van der Waals surface area contributed by atoms with Crippen LogP contribution in [0.15, 0.2) is 78.1 Å². The molecule has 0 aromatic heterocycles. The Bertz CT molecular complexity index is 1190. The van der Waals surface area contributed by atoms with Crippen molar-refractivity contribution in [1.29, 1.82) is 0 Å². The topological polar surface area (TPSA) is 76.0 Å². The van der Waals surface area contributed by atoms with Gasteiger partial charge in [-0.05, 0) is 91.6 Å². The van der Waals surface area contributed by atoms with E-state index in [0.717, 1.165) is 24.5 Å². The van der Waals surface area contributed by atoms with Crippen LogP contribution in [-0.2, 0) is 22.3 Å². The molecule has 0 spiro atoms. The van der Waals surface area contributed by atoms with E-state index in [-0.39, 0.29) is 31.0 Å². The summed E-state index contributed by atoms with van der Waals surface area (Å²) in [5, 5.41) is 16.7. The summed E-state index contributed by atoms with van der Waals surface area (Å²) in [5.74, 6) is 1.24. The van der Waals surface area contributed by atoms with Crippen molar-refractivity contribution >= 4 is 6.47 Å². The van der Waals surface area contributed by atoms with Crippen LogP contribution in [0.5, 0.6) is 5.75 Å². The number of carboxylic acid groups (broad SMARTS) is 1. The smallest absolute Gasteiger partial charge is 0.417 e. The highest BCUT2D eigenvalue weighted by Gasteiger charge is 2.34. The van der Waals surface area contributed by atoms with Crippen LogP contribution in [0.2, 0.25) is 0 Å². The third kappa shape index (κ3) is 12.3. The quantitative estimate of drug-likeness (QED) is 0.230. The highest BCUT2D eigenvalue weighted by molar-refractivity contribution is 5.69. The van der Waals surface area contributed by atoms with Gasteiger partial charge in [0.05, 0.1) is 17.8 Å². The summed E-state index contributed by atoms with van der Waals surface area (Å²) >= 11 is 0. The first-order chi connectivity index (χ1) is 19.3.